The Hall–Kier alpha value is -0.980. The molecule has 1 saturated carbocycles. The second-order valence-corrected chi connectivity index (χ2v) is 7.19. The quantitative estimate of drug-likeness (QED) is 0.796. The lowest BCUT2D eigenvalue weighted by Crippen LogP contribution is -2.44. The van der Waals surface area contributed by atoms with E-state index in [1.54, 1.807) is 13.2 Å². The van der Waals surface area contributed by atoms with Gasteiger partial charge in [-0.15, -0.1) is 0 Å². The summed E-state index contributed by atoms with van der Waals surface area (Å²) in [6.07, 6.45) is 4.29. The first-order valence-electron chi connectivity index (χ1n) is 6.60. The van der Waals surface area contributed by atoms with Crippen molar-refractivity contribution in [2.75, 3.05) is 19.3 Å². The molecular weight excluding hydrogens is 262 g/mol. The molecule has 1 fully saturated rings. The number of hydrogen-bond acceptors (Lipinski definition) is 4. The van der Waals surface area contributed by atoms with Crippen molar-refractivity contribution in [3.05, 3.63) is 30.1 Å². The molecule has 1 aromatic rings. The van der Waals surface area contributed by atoms with Gasteiger partial charge in [-0.25, -0.2) is 12.7 Å². The second kappa shape index (κ2) is 5.98. The van der Waals surface area contributed by atoms with Crippen molar-refractivity contribution >= 4 is 10.0 Å². The summed E-state index contributed by atoms with van der Waals surface area (Å²) < 4.78 is 26.0. The molecule has 0 spiro atoms. The number of nitrogens with zero attached hydrogens (tertiary/aromatic N) is 2. The van der Waals surface area contributed by atoms with E-state index < -0.39 is 10.0 Å². The molecule has 0 aliphatic heterocycles. The number of aryl methyl sites for hydroxylation is 1. The molecule has 1 aliphatic carbocycles. The summed E-state index contributed by atoms with van der Waals surface area (Å²) in [5, 5.41) is 0. The fraction of sp³-hybridized carbons (Fsp3) is 0.615. The Morgan fingerprint density at radius 1 is 1.47 bits per heavy atom. The molecule has 1 heterocycles. The van der Waals surface area contributed by atoms with Crippen LogP contribution >= 0.6 is 0 Å². The van der Waals surface area contributed by atoms with E-state index in [1.165, 1.54) is 4.31 Å². The predicted molar refractivity (Wildman–Crippen MR) is 75.1 cm³/mol. The lowest BCUT2D eigenvalue weighted by Gasteiger charge is -2.26. The molecule has 1 aliphatic rings. The highest BCUT2D eigenvalue weighted by atomic mass is 32.2. The van der Waals surface area contributed by atoms with Gasteiger partial charge in [-0.2, -0.15) is 0 Å². The number of nitrogens with two attached hydrogens (primary N) is 1. The molecule has 5 nitrogen and oxygen atoms in total. The largest absolute Gasteiger partial charge is 0.329 e. The molecule has 1 aromatic heterocycles. The summed E-state index contributed by atoms with van der Waals surface area (Å²) in [4.78, 5) is 4.15. The SMILES string of the molecule is CN(C(CN)C1CC1)S(=O)(=O)CCc1ccccn1. The molecule has 6 heteroatoms. The average Bonchev–Trinajstić information content (AvgIpc) is 3.23. The number of rotatable bonds is 7. The van der Waals surface area contributed by atoms with Crippen molar-refractivity contribution in [2.24, 2.45) is 11.7 Å². The van der Waals surface area contributed by atoms with E-state index in [9.17, 15) is 8.42 Å². The molecule has 0 amide bonds. The molecule has 19 heavy (non-hydrogen) atoms. The third-order valence-corrected chi connectivity index (χ3v) is 5.52. The van der Waals surface area contributed by atoms with Crippen LogP contribution in [0.2, 0.25) is 0 Å². The fourth-order valence-electron chi connectivity index (χ4n) is 2.25. The number of likely N-dealkylation sites (N-methyl/N-ethyl adjacent to an activating group) is 1. The maximum absolute atomic E-state index is 12.3. The molecule has 0 bridgehead atoms. The zero-order chi connectivity index (χ0) is 13.9. The van der Waals surface area contributed by atoms with E-state index in [0.717, 1.165) is 18.5 Å². The van der Waals surface area contributed by atoms with Gasteiger partial charge in [0, 0.05) is 37.9 Å². The topological polar surface area (TPSA) is 76.3 Å². The zero-order valence-corrected chi connectivity index (χ0v) is 12.0. The highest BCUT2D eigenvalue weighted by Crippen LogP contribution is 2.35. The number of hydrogen-bond donors (Lipinski definition) is 1. The Morgan fingerprint density at radius 3 is 2.74 bits per heavy atom. The van der Waals surface area contributed by atoms with Crippen LogP contribution in [0.3, 0.4) is 0 Å². The van der Waals surface area contributed by atoms with E-state index in [1.807, 2.05) is 18.2 Å². The van der Waals surface area contributed by atoms with Crippen molar-refractivity contribution in [1.82, 2.24) is 9.29 Å². The summed E-state index contributed by atoms with van der Waals surface area (Å²) >= 11 is 0. The maximum Gasteiger partial charge on any atom is 0.214 e. The fourth-order valence-corrected chi connectivity index (χ4v) is 3.67. The Bertz CT molecular complexity index is 500. The maximum atomic E-state index is 12.3. The van der Waals surface area contributed by atoms with Gasteiger partial charge in [-0.3, -0.25) is 4.98 Å². The molecular formula is C13H21N3O2S. The van der Waals surface area contributed by atoms with Gasteiger partial charge in [-0.1, -0.05) is 6.07 Å². The molecule has 1 atom stereocenters. The summed E-state index contributed by atoms with van der Waals surface area (Å²) in [5.74, 6) is 0.531. The molecule has 0 radical (unpaired) electrons. The second-order valence-electron chi connectivity index (χ2n) is 5.04. The van der Waals surface area contributed by atoms with Crippen molar-refractivity contribution in [3.63, 3.8) is 0 Å². The predicted octanol–water partition coefficient (Wildman–Crippen LogP) is 0.623. The third-order valence-electron chi connectivity index (χ3n) is 3.66. The lowest BCUT2D eigenvalue weighted by molar-refractivity contribution is 0.340. The Labute approximate surface area is 114 Å². The molecule has 1 unspecified atom stereocenters. The number of sulfonamides is 1. The molecule has 2 rings (SSSR count). The first-order valence-corrected chi connectivity index (χ1v) is 8.21. The normalized spacial score (nSPS) is 17.6. The Kier molecular flexibility index (Phi) is 4.54. The lowest BCUT2D eigenvalue weighted by atomic mass is 10.2. The van der Waals surface area contributed by atoms with Crippen molar-refractivity contribution < 1.29 is 8.42 Å². The van der Waals surface area contributed by atoms with Crippen molar-refractivity contribution in [3.8, 4) is 0 Å². The van der Waals surface area contributed by atoms with Gasteiger partial charge in [0.15, 0.2) is 0 Å². The summed E-state index contributed by atoms with van der Waals surface area (Å²) in [7, 11) is -1.62. The van der Waals surface area contributed by atoms with Gasteiger partial charge in [-0.05, 0) is 30.9 Å². The first-order chi connectivity index (χ1) is 9.04. The number of pyridine rings is 1. The molecule has 0 saturated heterocycles. The van der Waals surface area contributed by atoms with Crippen LogP contribution in [0, 0.1) is 5.92 Å². The van der Waals surface area contributed by atoms with Gasteiger partial charge < -0.3 is 5.73 Å². The van der Waals surface area contributed by atoms with Gasteiger partial charge in [0.05, 0.1) is 5.75 Å². The first kappa shape index (κ1) is 14.4. The van der Waals surface area contributed by atoms with Crippen LogP contribution in [0.5, 0.6) is 0 Å². The van der Waals surface area contributed by atoms with Crippen LogP contribution in [0.25, 0.3) is 0 Å². The van der Waals surface area contributed by atoms with Crippen molar-refractivity contribution in [1.29, 1.82) is 0 Å². The highest BCUT2D eigenvalue weighted by molar-refractivity contribution is 7.89. The van der Waals surface area contributed by atoms with Crippen LogP contribution < -0.4 is 5.73 Å². The monoisotopic (exact) mass is 283 g/mol. The van der Waals surface area contributed by atoms with Crippen LogP contribution in [-0.2, 0) is 16.4 Å². The molecule has 2 N–H and O–H groups in total. The number of aromatic nitrogens is 1. The zero-order valence-electron chi connectivity index (χ0n) is 11.2. The van der Waals surface area contributed by atoms with E-state index in [2.05, 4.69) is 4.98 Å². The van der Waals surface area contributed by atoms with Crippen LogP contribution in [0.1, 0.15) is 18.5 Å². The minimum absolute atomic E-state index is 0.0475. The van der Waals surface area contributed by atoms with Crippen LogP contribution in [0.4, 0.5) is 0 Å². The minimum Gasteiger partial charge on any atom is -0.329 e. The average molecular weight is 283 g/mol. The van der Waals surface area contributed by atoms with Gasteiger partial charge in [0.1, 0.15) is 0 Å². The standard InChI is InChI=1S/C13H21N3O2S/c1-16(13(10-14)11-5-6-11)19(17,18)9-7-12-4-2-3-8-15-12/h2-4,8,11,13H,5-7,9-10,14H2,1H3. The van der Waals surface area contributed by atoms with Gasteiger partial charge in [0.2, 0.25) is 10.0 Å². The van der Waals surface area contributed by atoms with Crippen LogP contribution in [-0.4, -0.2) is 43.1 Å². The van der Waals surface area contributed by atoms with Crippen molar-refractivity contribution in [2.45, 2.75) is 25.3 Å². The van der Waals surface area contributed by atoms with Gasteiger partial charge >= 0.3 is 0 Å². The smallest absolute Gasteiger partial charge is 0.214 e. The summed E-state index contributed by atoms with van der Waals surface area (Å²) in [5.41, 5.74) is 6.50. The van der Waals surface area contributed by atoms with E-state index in [0.29, 0.717) is 18.9 Å². The highest BCUT2D eigenvalue weighted by Gasteiger charge is 2.37. The van der Waals surface area contributed by atoms with E-state index >= 15 is 0 Å². The Morgan fingerprint density at radius 2 is 2.21 bits per heavy atom. The summed E-state index contributed by atoms with van der Waals surface area (Å²) in [6, 6.07) is 5.48. The molecule has 0 aromatic carbocycles. The minimum atomic E-state index is -3.26. The van der Waals surface area contributed by atoms with Crippen LogP contribution in [0.15, 0.2) is 24.4 Å². The molecule has 106 valence electrons. The summed E-state index contributed by atoms with van der Waals surface area (Å²) in [6.45, 7) is 0.393. The van der Waals surface area contributed by atoms with E-state index in [-0.39, 0.29) is 11.8 Å². The van der Waals surface area contributed by atoms with Gasteiger partial charge in [0.25, 0.3) is 0 Å². The third kappa shape index (κ3) is 3.75. The Balaban J connectivity index is 1.97. The van der Waals surface area contributed by atoms with E-state index in [4.69, 9.17) is 5.73 Å².